The molecule has 5 aromatic rings. The second kappa shape index (κ2) is 13.0. The molecule has 0 aromatic heterocycles. The monoisotopic (exact) mass is 732 g/mol. The van der Waals surface area contributed by atoms with Gasteiger partial charge in [-0.2, -0.15) is 13.2 Å². The van der Waals surface area contributed by atoms with Crippen LogP contribution in [0.3, 0.4) is 0 Å². The molecule has 0 bridgehead atoms. The zero-order valence-corrected chi connectivity index (χ0v) is 24.4. The number of alkyl halides is 1. The molecule has 0 aliphatic heterocycles. The van der Waals surface area contributed by atoms with E-state index in [9.17, 15) is 35.1 Å². The zero-order chi connectivity index (χ0) is 37.1. The van der Waals surface area contributed by atoms with Crippen molar-refractivity contribution in [2.24, 2.45) is 0 Å². The highest BCUT2D eigenvalue weighted by Gasteiger charge is 2.55. The van der Waals surface area contributed by atoms with E-state index >= 15 is 26.3 Å². The first-order valence-corrected chi connectivity index (χ1v) is 13.9. The summed E-state index contributed by atoms with van der Waals surface area (Å²) in [6.45, 7) is 0. The molecule has 0 amide bonds. The molecule has 0 spiro atoms. The Labute approximate surface area is 276 Å². The molecule has 1 aliphatic carbocycles. The van der Waals surface area contributed by atoms with Gasteiger partial charge in [-0.15, -0.1) is 0 Å². The Hall–Kier alpha value is -5.52. The molecule has 0 radical (unpaired) electrons. The maximum absolute atomic E-state index is 16.2. The molecule has 1 aliphatic rings. The highest BCUT2D eigenvalue weighted by Crippen LogP contribution is 2.51. The Balaban J connectivity index is 1.42. The Kier molecular flexibility index (Phi) is 8.99. The van der Waals surface area contributed by atoms with Crippen LogP contribution in [0.1, 0.15) is 11.1 Å². The predicted molar refractivity (Wildman–Crippen MR) is 150 cm³/mol. The molecule has 1 atom stereocenters. The second-order valence-electron chi connectivity index (χ2n) is 10.5. The first-order valence-electron chi connectivity index (χ1n) is 13.9. The molecule has 6 rings (SSSR count). The fourth-order valence-electron chi connectivity index (χ4n) is 5.04. The Morgan fingerprint density at radius 3 is 1.29 bits per heavy atom. The van der Waals surface area contributed by atoms with E-state index in [2.05, 4.69) is 0 Å². The number of hydrogen-bond donors (Lipinski definition) is 0. The first kappa shape index (κ1) is 35.3. The third-order valence-corrected chi connectivity index (χ3v) is 7.50. The zero-order valence-electron chi connectivity index (χ0n) is 24.4. The van der Waals surface area contributed by atoms with Gasteiger partial charge in [-0.25, -0.2) is 48.3 Å². The molecule has 0 saturated heterocycles. The number of benzene rings is 5. The summed E-state index contributed by atoms with van der Waals surface area (Å²) in [5.41, 5.74) is -6.54. The lowest BCUT2D eigenvalue weighted by atomic mass is 10.0. The number of halogens is 14. The number of fused-ring (bicyclic) bond motifs is 1. The van der Waals surface area contributed by atoms with Crippen molar-refractivity contribution in [3.63, 3.8) is 0 Å². The van der Waals surface area contributed by atoms with Crippen molar-refractivity contribution in [1.82, 2.24) is 0 Å². The lowest BCUT2D eigenvalue weighted by Crippen LogP contribution is -2.41. The average molecular weight is 732 g/mol. The number of rotatable bonds is 8. The number of hydrogen-bond acceptors (Lipinski definition) is 3. The van der Waals surface area contributed by atoms with E-state index in [0.717, 1.165) is 6.07 Å². The normalized spacial score (nSPS) is 15.3. The lowest BCUT2D eigenvalue weighted by molar-refractivity contribution is -0.0746. The molecule has 5 aromatic carbocycles. The van der Waals surface area contributed by atoms with Crippen LogP contribution >= 0.6 is 0 Å². The van der Waals surface area contributed by atoms with Crippen molar-refractivity contribution >= 4 is 13.1 Å². The van der Waals surface area contributed by atoms with E-state index < -0.39 is 134 Å². The minimum absolute atomic E-state index is 0.386. The van der Waals surface area contributed by atoms with E-state index in [1.807, 2.05) is 0 Å². The molecule has 0 saturated carbocycles. The molecule has 51 heavy (non-hydrogen) atoms. The summed E-state index contributed by atoms with van der Waals surface area (Å²) >= 11 is 0. The van der Waals surface area contributed by atoms with Gasteiger partial charge in [0.25, 0.3) is 5.85 Å². The van der Waals surface area contributed by atoms with Crippen LogP contribution < -0.4 is 9.31 Å². The summed E-state index contributed by atoms with van der Waals surface area (Å²) in [6, 6.07) is 5.81. The van der Waals surface area contributed by atoms with Gasteiger partial charge in [-0.3, -0.25) is 0 Å². The maximum Gasteiger partial charge on any atom is 0.791 e. The van der Waals surface area contributed by atoms with Crippen molar-refractivity contribution in [2.45, 2.75) is 5.85 Å². The molecule has 0 heterocycles. The van der Waals surface area contributed by atoms with Crippen LogP contribution in [-0.2, 0) is 10.5 Å². The van der Waals surface area contributed by atoms with Crippen LogP contribution in [0.4, 0.5) is 61.5 Å². The highest BCUT2D eigenvalue weighted by atomic mass is 19.2. The quantitative estimate of drug-likeness (QED) is 0.0904. The minimum atomic E-state index is -4.21. The van der Waals surface area contributed by atoms with Crippen molar-refractivity contribution in [3.8, 4) is 33.8 Å². The Morgan fingerprint density at radius 2 is 0.843 bits per heavy atom. The van der Waals surface area contributed by atoms with Crippen LogP contribution in [0.15, 0.2) is 72.6 Å². The van der Waals surface area contributed by atoms with E-state index in [0.29, 0.717) is 60.7 Å². The van der Waals surface area contributed by atoms with Gasteiger partial charge in [0, 0.05) is 27.8 Å². The Morgan fingerprint density at radius 1 is 0.431 bits per heavy atom. The van der Waals surface area contributed by atoms with Crippen LogP contribution in [0, 0.1) is 64.0 Å². The summed E-state index contributed by atoms with van der Waals surface area (Å²) in [7, 11) is -3.11. The van der Waals surface area contributed by atoms with Gasteiger partial charge in [0.1, 0.15) is 17.3 Å². The van der Waals surface area contributed by atoms with Crippen molar-refractivity contribution in [2.75, 3.05) is 0 Å². The highest BCUT2D eigenvalue weighted by molar-refractivity contribution is 6.38. The van der Waals surface area contributed by atoms with Gasteiger partial charge in [0.15, 0.2) is 64.0 Å². The van der Waals surface area contributed by atoms with Crippen LogP contribution in [0.25, 0.3) is 28.1 Å². The first-order chi connectivity index (χ1) is 24.1. The lowest BCUT2D eigenvalue weighted by Gasteiger charge is -2.25. The summed E-state index contributed by atoms with van der Waals surface area (Å²) < 4.78 is 219. The largest absolute Gasteiger partial charge is 0.791 e. The molecule has 18 heteroatoms. The minimum Gasteiger partial charge on any atom is -0.498 e. The van der Waals surface area contributed by atoms with E-state index in [1.54, 1.807) is 0 Å². The van der Waals surface area contributed by atoms with Crippen molar-refractivity contribution < 1.29 is 75.4 Å². The maximum atomic E-state index is 16.2. The summed E-state index contributed by atoms with van der Waals surface area (Å²) in [4.78, 5) is 0. The molecular formula is C33H11BF14O3. The van der Waals surface area contributed by atoms with Gasteiger partial charge < -0.3 is 14.0 Å². The summed E-state index contributed by atoms with van der Waals surface area (Å²) in [6.07, 6.45) is 0. The Bertz CT molecular complexity index is 2170. The fourth-order valence-corrected chi connectivity index (χ4v) is 5.04. The van der Waals surface area contributed by atoms with Crippen LogP contribution in [-0.4, -0.2) is 7.32 Å². The molecule has 262 valence electrons. The average Bonchev–Trinajstić information content (AvgIpc) is 3.29. The van der Waals surface area contributed by atoms with Gasteiger partial charge in [0.05, 0.1) is 5.56 Å². The van der Waals surface area contributed by atoms with Gasteiger partial charge >= 0.3 is 7.32 Å². The van der Waals surface area contributed by atoms with Gasteiger partial charge in [0.2, 0.25) is 5.83 Å². The van der Waals surface area contributed by atoms with Crippen LogP contribution in [0.2, 0.25) is 0 Å². The van der Waals surface area contributed by atoms with E-state index in [1.165, 1.54) is 0 Å². The van der Waals surface area contributed by atoms with Crippen molar-refractivity contribution in [3.05, 3.63) is 148 Å². The molecule has 0 fully saturated rings. The molecular weight excluding hydrogens is 721 g/mol. The summed E-state index contributed by atoms with van der Waals surface area (Å²) in [5.74, 6) is -32.7. The van der Waals surface area contributed by atoms with Gasteiger partial charge in [-0.05, 0) is 54.6 Å². The topological polar surface area (TPSA) is 27.7 Å². The van der Waals surface area contributed by atoms with E-state index in [-0.39, 0.29) is 0 Å². The molecule has 3 nitrogen and oxygen atoms in total. The predicted octanol–water partition coefficient (Wildman–Crippen LogP) is 10.5. The molecule has 1 unspecified atom stereocenters. The second-order valence-corrected chi connectivity index (χ2v) is 10.5. The molecule has 0 N–H and O–H groups in total. The standard InChI is InChI=1S/C33H11BF14O3/c35-17-3-1-2-16-22(17)31(46)32(47)33(16,48)51-34(49-20-10-6-14(25(40)29(20)44)12-4-8-18(36)27(42)23(12)38)50-21-11-7-15(26(41)30(21)45)13-5-9-19(37)28(43)24(13)39/h1-11H. The van der Waals surface area contributed by atoms with Crippen LogP contribution in [0.5, 0.6) is 11.5 Å². The fraction of sp³-hybridized carbons (Fsp3) is 0.0303. The third kappa shape index (κ3) is 5.82. The third-order valence-electron chi connectivity index (χ3n) is 7.50. The smallest absolute Gasteiger partial charge is 0.498 e. The summed E-state index contributed by atoms with van der Waals surface area (Å²) in [5, 5.41) is 0. The van der Waals surface area contributed by atoms with Gasteiger partial charge in [-0.1, -0.05) is 12.1 Å². The van der Waals surface area contributed by atoms with Crippen molar-refractivity contribution in [1.29, 1.82) is 0 Å². The van der Waals surface area contributed by atoms with E-state index in [4.69, 9.17) is 14.0 Å². The SMILES string of the molecule is FC1=C(F)C(F)(OB(Oc2ccc(-c3ccc(F)c(F)c3F)c(F)c2F)Oc2ccc(-c3ccc(F)c(F)c3F)c(F)c2F)c2cccc(F)c21.